The van der Waals surface area contributed by atoms with Crippen molar-refractivity contribution in [1.82, 2.24) is 0 Å². The van der Waals surface area contributed by atoms with Gasteiger partial charge in [-0.25, -0.2) is 0 Å². The number of ether oxygens (including phenoxy) is 2. The normalized spacial score (nSPS) is 10.6. The van der Waals surface area contributed by atoms with Gasteiger partial charge in [0.25, 0.3) is 5.69 Å². The smallest absolute Gasteiger partial charge is 0.269 e. The number of methoxy groups -OCH3 is 1. The van der Waals surface area contributed by atoms with Crippen LogP contribution >= 0.6 is 46.8 Å². The van der Waals surface area contributed by atoms with Crippen molar-refractivity contribution in [2.75, 3.05) is 11.8 Å². The van der Waals surface area contributed by atoms with Gasteiger partial charge in [0, 0.05) is 22.1 Å². The number of anilines is 1. The summed E-state index contributed by atoms with van der Waals surface area (Å²) in [7, 11) is 1.57. The highest BCUT2D eigenvalue weighted by Crippen LogP contribution is 2.41. The molecule has 0 amide bonds. The van der Waals surface area contributed by atoms with Crippen LogP contribution in [0.4, 0.5) is 11.4 Å². The summed E-state index contributed by atoms with van der Waals surface area (Å²) in [5.74, 6) is 1.32. The lowest BCUT2D eigenvalue weighted by molar-refractivity contribution is -0.384. The van der Waals surface area contributed by atoms with E-state index in [1.807, 2.05) is 0 Å². The number of nitrogens with zero attached hydrogens (tertiary/aromatic N) is 1. The van der Waals surface area contributed by atoms with Gasteiger partial charge in [-0.1, -0.05) is 34.8 Å². The van der Waals surface area contributed by atoms with Crippen molar-refractivity contribution in [3.8, 4) is 17.2 Å². The molecule has 0 heterocycles. The van der Waals surface area contributed by atoms with Crippen LogP contribution < -0.4 is 14.2 Å². The molecule has 0 aliphatic carbocycles. The number of nitro benzene ring substituents is 1. The summed E-state index contributed by atoms with van der Waals surface area (Å²) in [6.45, 7) is 1.71. The molecule has 0 bridgehead atoms. The molecule has 3 rings (SSSR count). The Morgan fingerprint density at radius 2 is 1.67 bits per heavy atom. The van der Waals surface area contributed by atoms with Crippen LogP contribution in [-0.4, -0.2) is 12.0 Å². The third-order valence-corrected chi connectivity index (χ3v) is 5.58. The molecule has 156 valence electrons. The van der Waals surface area contributed by atoms with Crippen LogP contribution in [0.5, 0.6) is 17.2 Å². The Bertz CT molecular complexity index is 1090. The molecular formula is C20H15Cl3N2O4S. The molecule has 0 spiro atoms. The van der Waals surface area contributed by atoms with Gasteiger partial charge in [0.1, 0.15) is 11.5 Å². The van der Waals surface area contributed by atoms with Crippen molar-refractivity contribution in [3.63, 3.8) is 0 Å². The molecule has 0 unspecified atom stereocenters. The molecule has 30 heavy (non-hydrogen) atoms. The maximum atomic E-state index is 10.9. The number of nitrogens with one attached hydrogen (secondary N) is 1. The van der Waals surface area contributed by atoms with E-state index in [9.17, 15) is 10.1 Å². The fourth-order valence-corrected chi connectivity index (χ4v) is 4.15. The first-order valence-corrected chi connectivity index (χ1v) is 10.4. The minimum atomic E-state index is -0.468. The second-order valence-corrected chi connectivity index (χ2v) is 8.20. The van der Waals surface area contributed by atoms with Gasteiger partial charge in [0.15, 0.2) is 5.75 Å². The highest BCUT2D eigenvalue weighted by molar-refractivity contribution is 8.00. The molecule has 0 radical (unpaired) electrons. The SMILES string of the molecule is COc1ccc(Cl)cc1NSc1cc(Cl)c(Oc2ccc([N+](=O)[O-])cc2C)c(Cl)c1. The van der Waals surface area contributed by atoms with Gasteiger partial charge in [-0.3, -0.25) is 10.1 Å². The predicted octanol–water partition coefficient (Wildman–Crippen LogP) is 7.78. The maximum Gasteiger partial charge on any atom is 0.269 e. The number of rotatable bonds is 7. The molecule has 10 heteroatoms. The van der Waals surface area contributed by atoms with E-state index in [0.717, 1.165) is 4.90 Å². The minimum absolute atomic E-state index is 0.0219. The van der Waals surface area contributed by atoms with Crippen molar-refractivity contribution in [3.05, 3.63) is 79.3 Å². The van der Waals surface area contributed by atoms with E-state index >= 15 is 0 Å². The predicted molar refractivity (Wildman–Crippen MR) is 122 cm³/mol. The average Bonchev–Trinajstić information content (AvgIpc) is 2.70. The zero-order valence-corrected chi connectivity index (χ0v) is 18.8. The molecule has 3 aromatic rings. The number of hydrogen-bond acceptors (Lipinski definition) is 6. The summed E-state index contributed by atoms with van der Waals surface area (Å²) >= 11 is 20.1. The van der Waals surface area contributed by atoms with Crippen LogP contribution in [0.3, 0.4) is 0 Å². The van der Waals surface area contributed by atoms with Crippen LogP contribution in [-0.2, 0) is 0 Å². The van der Waals surface area contributed by atoms with E-state index in [1.54, 1.807) is 44.4 Å². The van der Waals surface area contributed by atoms with Crippen molar-refractivity contribution >= 4 is 58.1 Å². The van der Waals surface area contributed by atoms with Crippen LogP contribution in [0.15, 0.2) is 53.4 Å². The topological polar surface area (TPSA) is 73.6 Å². The van der Waals surface area contributed by atoms with E-state index in [1.165, 1.54) is 30.1 Å². The fourth-order valence-electron chi connectivity index (χ4n) is 2.54. The molecule has 0 atom stereocenters. The second kappa shape index (κ2) is 9.66. The highest BCUT2D eigenvalue weighted by atomic mass is 35.5. The molecule has 3 aromatic carbocycles. The molecule has 0 saturated carbocycles. The molecule has 0 saturated heterocycles. The Balaban J connectivity index is 1.79. The minimum Gasteiger partial charge on any atom is -0.495 e. The lowest BCUT2D eigenvalue weighted by Gasteiger charge is -2.14. The number of halogens is 3. The Morgan fingerprint density at radius 3 is 2.27 bits per heavy atom. The van der Waals surface area contributed by atoms with E-state index < -0.39 is 4.92 Å². The van der Waals surface area contributed by atoms with Gasteiger partial charge in [-0.15, -0.1) is 0 Å². The van der Waals surface area contributed by atoms with Gasteiger partial charge in [-0.05, 0) is 60.8 Å². The largest absolute Gasteiger partial charge is 0.495 e. The third kappa shape index (κ3) is 5.23. The first-order chi connectivity index (χ1) is 14.3. The maximum absolute atomic E-state index is 10.9. The zero-order chi connectivity index (χ0) is 21.8. The van der Waals surface area contributed by atoms with Crippen LogP contribution in [0.2, 0.25) is 15.1 Å². The molecule has 0 aliphatic heterocycles. The quantitative estimate of drug-likeness (QED) is 0.209. The second-order valence-electron chi connectivity index (χ2n) is 6.07. The van der Waals surface area contributed by atoms with Crippen molar-refractivity contribution in [2.24, 2.45) is 0 Å². The van der Waals surface area contributed by atoms with Gasteiger partial charge >= 0.3 is 0 Å². The molecule has 0 fully saturated rings. The lowest BCUT2D eigenvalue weighted by atomic mass is 10.2. The number of aryl methyl sites for hydroxylation is 1. The first kappa shape index (κ1) is 22.4. The summed E-state index contributed by atoms with van der Waals surface area (Å²) < 4.78 is 14.3. The first-order valence-electron chi connectivity index (χ1n) is 8.47. The summed E-state index contributed by atoms with van der Waals surface area (Å²) in [6.07, 6.45) is 0. The Morgan fingerprint density at radius 1 is 1.00 bits per heavy atom. The lowest BCUT2D eigenvalue weighted by Crippen LogP contribution is -1.94. The standard InChI is InChI=1S/C20H15Cl3N2O4S/c1-11-7-13(25(26)27)4-6-18(11)29-20-15(22)9-14(10-16(20)23)30-24-17-8-12(21)3-5-19(17)28-2/h3-10,24H,1-2H3. The monoisotopic (exact) mass is 484 g/mol. The van der Waals surface area contributed by atoms with Gasteiger partial charge < -0.3 is 14.2 Å². The highest BCUT2D eigenvalue weighted by Gasteiger charge is 2.15. The van der Waals surface area contributed by atoms with E-state index in [0.29, 0.717) is 37.8 Å². The van der Waals surface area contributed by atoms with Crippen molar-refractivity contribution in [2.45, 2.75) is 11.8 Å². The average molecular weight is 486 g/mol. The Hall–Kier alpha value is -2.32. The fraction of sp³-hybridized carbons (Fsp3) is 0.100. The van der Waals surface area contributed by atoms with Crippen LogP contribution in [0.1, 0.15) is 5.56 Å². The van der Waals surface area contributed by atoms with Gasteiger partial charge in [0.2, 0.25) is 0 Å². The molecule has 1 N–H and O–H groups in total. The zero-order valence-electron chi connectivity index (χ0n) is 15.7. The van der Waals surface area contributed by atoms with E-state index in [-0.39, 0.29) is 11.4 Å². The molecule has 0 aliphatic rings. The van der Waals surface area contributed by atoms with Gasteiger partial charge in [0.05, 0.1) is 27.8 Å². The number of benzene rings is 3. The van der Waals surface area contributed by atoms with E-state index in [4.69, 9.17) is 44.3 Å². The molecule has 0 aromatic heterocycles. The summed E-state index contributed by atoms with van der Waals surface area (Å²) in [4.78, 5) is 11.2. The van der Waals surface area contributed by atoms with Crippen LogP contribution in [0.25, 0.3) is 0 Å². The van der Waals surface area contributed by atoms with Crippen molar-refractivity contribution < 1.29 is 14.4 Å². The number of non-ortho nitro benzene ring substituents is 1. The summed E-state index contributed by atoms with van der Waals surface area (Å²) in [5.41, 5.74) is 1.26. The van der Waals surface area contributed by atoms with Gasteiger partial charge in [-0.2, -0.15) is 0 Å². The Labute approximate surface area is 192 Å². The third-order valence-electron chi connectivity index (χ3n) is 3.99. The Kier molecular flexibility index (Phi) is 7.20. The number of hydrogen-bond donors (Lipinski definition) is 1. The summed E-state index contributed by atoms with van der Waals surface area (Å²) in [5, 5.41) is 12.0. The summed E-state index contributed by atoms with van der Waals surface area (Å²) in [6, 6.07) is 12.9. The molecule has 6 nitrogen and oxygen atoms in total. The number of nitro groups is 1. The van der Waals surface area contributed by atoms with Crippen LogP contribution in [0, 0.1) is 17.0 Å². The molecular weight excluding hydrogens is 471 g/mol. The van der Waals surface area contributed by atoms with E-state index in [2.05, 4.69) is 4.72 Å². The van der Waals surface area contributed by atoms with Crippen molar-refractivity contribution in [1.29, 1.82) is 0 Å².